The lowest BCUT2D eigenvalue weighted by atomic mass is 10.0. The Morgan fingerprint density at radius 2 is 1.95 bits per heavy atom. The van der Waals surface area contributed by atoms with E-state index in [0.29, 0.717) is 12.6 Å². The second-order valence-electron chi connectivity index (χ2n) is 6.41. The Bertz CT molecular complexity index is 363. The van der Waals surface area contributed by atoms with E-state index in [4.69, 9.17) is 5.11 Å². The number of likely N-dealkylation sites (tertiary alicyclic amines) is 1. The second-order valence-corrected chi connectivity index (χ2v) is 6.41. The Balaban J connectivity index is 2.46. The van der Waals surface area contributed by atoms with Gasteiger partial charge in [-0.3, -0.25) is 9.79 Å². The number of guanidine groups is 1. The summed E-state index contributed by atoms with van der Waals surface area (Å²) in [6.45, 7) is 11.1. The van der Waals surface area contributed by atoms with Crippen LogP contribution in [-0.2, 0) is 4.79 Å². The summed E-state index contributed by atoms with van der Waals surface area (Å²) in [5.41, 5.74) is 0. The minimum atomic E-state index is 0.0726. The molecule has 1 heterocycles. The smallest absolute Gasteiger partial charge is 0.225 e. The van der Waals surface area contributed by atoms with Gasteiger partial charge in [-0.25, -0.2) is 0 Å². The van der Waals surface area contributed by atoms with Crippen LogP contribution in [0.1, 0.15) is 40.5 Å². The minimum Gasteiger partial charge on any atom is -0.396 e. The number of amides is 1. The van der Waals surface area contributed by atoms with Crippen molar-refractivity contribution in [3.63, 3.8) is 0 Å². The molecule has 1 fully saturated rings. The van der Waals surface area contributed by atoms with Crippen LogP contribution in [0.5, 0.6) is 0 Å². The van der Waals surface area contributed by atoms with Gasteiger partial charge in [-0.05, 0) is 25.7 Å². The lowest BCUT2D eigenvalue weighted by Gasteiger charge is -2.34. The van der Waals surface area contributed by atoms with Crippen molar-refractivity contribution in [1.82, 2.24) is 15.5 Å². The summed E-state index contributed by atoms with van der Waals surface area (Å²) in [6, 6.07) is 0.346. The number of aliphatic hydroxyl groups excluding tert-OH is 1. The highest BCUT2D eigenvalue weighted by Crippen LogP contribution is 2.13. The number of aliphatic imine (C=N–C) groups is 1. The molecule has 1 atom stereocenters. The van der Waals surface area contributed by atoms with E-state index in [0.717, 1.165) is 38.4 Å². The van der Waals surface area contributed by atoms with E-state index in [1.807, 2.05) is 32.6 Å². The molecule has 0 spiro atoms. The summed E-state index contributed by atoms with van der Waals surface area (Å²) in [5.74, 6) is 1.29. The van der Waals surface area contributed by atoms with Crippen molar-refractivity contribution < 1.29 is 9.90 Å². The van der Waals surface area contributed by atoms with Gasteiger partial charge in [-0.2, -0.15) is 0 Å². The summed E-state index contributed by atoms with van der Waals surface area (Å²) < 4.78 is 0. The first-order chi connectivity index (χ1) is 10.5. The third-order valence-electron chi connectivity index (χ3n) is 3.86. The molecule has 6 nitrogen and oxygen atoms in total. The molecular weight excluding hydrogens is 280 g/mol. The maximum absolute atomic E-state index is 12.0. The van der Waals surface area contributed by atoms with Crippen LogP contribution in [0.4, 0.5) is 0 Å². The van der Waals surface area contributed by atoms with Gasteiger partial charge in [0.2, 0.25) is 5.91 Å². The van der Waals surface area contributed by atoms with Crippen LogP contribution in [0.25, 0.3) is 0 Å². The van der Waals surface area contributed by atoms with Crippen LogP contribution >= 0.6 is 0 Å². The van der Waals surface area contributed by atoms with E-state index >= 15 is 0 Å². The molecule has 1 aliphatic heterocycles. The predicted molar refractivity (Wildman–Crippen MR) is 89.8 cm³/mol. The number of hydrogen-bond acceptors (Lipinski definition) is 3. The van der Waals surface area contributed by atoms with E-state index in [-0.39, 0.29) is 24.3 Å². The number of piperidine rings is 1. The largest absolute Gasteiger partial charge is 0.396 e. The molecule has 0 saturated carbocycles. The average molecular weight is 312 g/mol. The van der Waals surface area contributed by atoms with Gasteiger partial charge in [0.1, 0.15) is 0 Å². The monoisotopic (exact) mass is 312 g/mol. The van der Waals surface area contributed by atoms with Gasteiger partial charge in [-0.1, -0.05) is 20.8 Å². The Morgan fingerprint density at radius 3 is 2.45 bits per heavy atom. The van der Waals surface area contributed by atoms with E-state index in [9.17, 15) is 4.79 Å². The highest BCUT2D eigenvalue weighted by molar-refractivity contribution is 5.80. The van der Waals surface area contributed by atoms with Gasteiger partial charge < -0.3 is 20.6 Å². The lowest BCUT2D eigenvalue weighted by molar-refractivity contribution is -0.135. The fraction of sp³-hybridized carbons (Fsp3) is 0.875. The maximum Gasteiger partial charge on any atom is 0.225 e. The fourth-order valence-electron chi connectivity index (χ4n) is 2.43. The van der Waals surface area contributed by atoms with Gasteiger partial charge in [0, 0.05) is 44.7 Å². The first-order valence-electron chi connectivity index (χ1n) is 8.42. The van der Waals surface area contributed by atoms with Gasteiger partial charge in [0.25, 0.3) is 0 Å². The Labute approximate surface area is 134 Å². The van der Waals surface area contributed by atoms with Crippen molar-refractivity contribution in [3.05, 3.63) is 0 Å². The standard InChI is InChI=1S/C16H32N4O2/c1-5-17-16(18-10-13(4)11-21)19-14-6-8-20(9-7-14)15(22)12(2)3/h12-14,21H,5-11H2,1-4H3,(H2,17,18,19). The maximum atomic E-state index is 12.0. The van der Waals surface area contributed by atoms with Crippen molar-refractivity contribution in [2.24, 2.45) is 16.8 Å². The predicted octanol–water partition coefficient (Wildman–Crippen LogP) is 0.817. The highest BCUT2D eigenvalue weighted by Gasteiger charge is 2.24. The average Bonchev–Trinajstić information content (AvgIpc) is 2.52. The zero-order valence-corrected chi connectivity index (χ0v) is 14.4. The molecular formula is C16H32N4O2. The molecule has 1 aliphatic rings. The van der Waals surface area contributed by atoms with Crippen LogP contribution < -0.4 is 10.6 Å². The minimum absolute atomic E-state index is 0.0726. The number of hydrogen-bond donors (Lipinski definition) is 3. The number of carbonyl (C=O) groups excluding carboxylic acids is 1. The van der Waals surface area contributed by atoms with E-state index < -0.39 is 0 Å². The molecule has 128 valence electrons. The van der Waals surface area contributed by atoms with Crippen molar-refractivity contribution in [1.29, 1.82) is 0 Å². The molecule has 1 rings (SSSR count). The van der Waals surface area contributed by atoms with Crippen LogP contribution in [0.15, 0.2) is 4.99 Å². The molecule has 1 amide bonds. The van der Waals surface area contributed by atoms with E-state index in [1.54, 1.807) is 0 Å². The first kappa shape index (κ1) is 18.7. The van der Waals surface area contributed by atoms with Crippen molar-refractivity contribution in [2.75, 3.05) is 32.8 Å². The number of nitrogens with zero attached hydrogens (tertiary/aromatic N) is 2. The molecule has 0 aromatic heterocycles. The van der Waals surface area contributed by atoms with Crippen molar-refractivity contribution in [2.45, 2.75) is 46.6 Å². The zero-order chi connectivity index (χ0) is 16.5. The van der Waals surface area contributed by atoms with Crippen LogP contribution in [-0.4, -0.2) is 60.7 Å². The Kier molecular flexibility index (Phi) is 8.24. The number of carbonyl (C=O) groups is 1. The van der Waals surface area contributed by atoms with Gasteiger partial charge in [-0.15, -0.1) is 0 Å². The number of aliphatic hydroxyl groups is 1. The van der Waals surface area contributed by atoms with E-state index in [2.05, 4.69) is 15.6 Å². The highest BCUT2D eigenvalue weighted by atomic mass is 16.3. The van der Waals surface area contributed by atoms with Crippen LogP contribution in [0, 0.1) is 11.8 Å². The summed E-state index contributed by atoms with van der Waals surface area (Å²) in [7, 11) is 0. The molecule has 0 bridgehead atoms. The van der Waals surface area contributed by atoms with Crippen molar-refractivity contribution >= 4 is 11.9 Å². The third-order valence-corrected chi connectivity index (χ3v) is 3.86. The van der Waals surface area contributed by atoms with E-state index in [1.165, 1.54) is 0 Å². The molecule has 6 heteroatoms. The SMILES string of the molecule is CCNC(=NCC(C)CO)NC1CCN(C(=O)C(C)C)CC1. The quantitative estimate of drug-likeness (QED) is 0.501. The molecule has 0 aromatic carbocycles. The summed E-state index contributed by atoms with van der Waals surface area (Å²) in [5, 5.41) is 15.8. The Hall–Kier alpha value is -1.30. The van der Waals surface area contributed by atoms with Crippen LogP contribution in [0.3, 0.4) is 0 Å². The normalized spacial score (nSPS) is 18.5. The van der Waals surface area contributed by atoms with Crippen molar-refractivity contribution in [3.8, 4) is 0 Å². The van der Waals surface area contributed by atoms with Gasteiger partial charge in [0.15, 0.2) is 5.96 Å². The summed E-state index contributed by atoms with van der Waals surface area (Å²) >= 11 is 0. The molecule has 3 N–H and O–H groups in total. The summed E-state index contributed by atoms with van der Waals surface area (Å²) in [6.07, 6.45) is 1.89. The molecule has 1 saturated heterocycles. The second kappa shape index (κ2) is 9.66. The molecule has 22 heavy (non-hydrogen) atoms. The lowest BCUT2D eigenvalue weighted by Crippen LogP contribution is -2.50. The topological polar surface area (TPSA) is 77.0 Å². The summed E-state index contributed by atoms with van der Waals surface area (Å²) in [4.78, 5) is 18.5. The first-order valence-corrected chi connectivity index (χ1v) is 8.42. The van der Waals surface area contributed by atoms with Crippen LogP contribution in [0.2, 0.25) is 0 Å². The molecule has 0 radical (unpaired) electrons. The van der Waals surface area contributed by atoms with Gasteiger partial charge >= 0.3 is 0 Å². The zero-order valence-electron chi connectivity index (χ0n) is 14.4. The molecule has 1 unspecified atom stereocenters. The third kappa shape index (κ3) is 6.22. The number of rotatable bonds is 6. The number of nitrogens with one attached hydrogen (secondary N) is 2. The Morgan fingerprint density at radius 1 is 1.32 bits per heavy atom. The molecule has 0 aromatic rings. The molecule has 0 aliphatic carbocycles. The van der Waals surface area contributed by atoms with Gasteiger partial charge in [0.05, 0.1) is 0 Å². The fourth-order valence-corrected chi connectivity index (χ4v) is 2.43.